The third kappa shape index (κ3) is 3.83. The molecule has 0 N–H and O–H groups in total. The topological polar surface area (TPSA) is 31.7 Å². The zero-order valence-corrected chi connectivity index (χ0v) is 20.8. The molecule has 2 aliphatic heterocycles. The minimum Gasteiger partial charge on any atom is -0.341 e. The van der Waals surface area contributed by atoms with Gasteiger partial charge in [0.15, 0.2) is 0 Å². The highest BCUT2D eigenvalue weighted by Gasteiger charge is 2.59. The minimum atomic E-state index is 0.287. The van der Waals surface area contributed by atoms with E-state index in [0.717, 1.165) is 65.2 Å². The van der Waals surface area contributed by atoms with Gasteiger partial charge in [0.1, 0.15) is 0 Å². The minimum absolute atomic E-state index is 0.287. The van der Waals surface area contributed by atoms with Crippen molar-refractivity contribution in [2.45, 2.75) is 45.7 Å². The Bertz CT molecular complexity index is 1210. The van der Waals surface area contributed by atoms with E-state index in [4.69, 9.17) is 0 Å². The van der Waals surface area contributed by atoms with Gasteiger partial charge in [0.25, 0.3) is 0 Å². The number of nitrogens with zero attached hydrogens (tertiary/aromatic N) is 4. The van der Waals surface area contributed by atoms with Gasteiger partial charge in [-0.15, -0.1) is 0 Å². The van der Waals surface area contributed by atoms with E-state index in [1.54, 1.807) is 0 Å². The van der Waals surface area contributed by atoms with E-state index >= 15 is 0 Å². The average Bonchev–Trinajstić information content (AvgIpc) is 3.53. The predicted octanol–water partition coefficient (Wildman–Crippen LogP) is 4.58. The second kappa shape index (κ2) is 8.69. The molecule has 3 heterocycles. The van der Waals surface area contributed by atoms with Crippen LogP contribution in [0.25, 0.3) is 21.8 Å². The molecule has 0 radical (unpaired) electrons. The molecule has 0 bridgehead atoms. The summed E-state index contributed by atoms with van der Waals surface area (Å²) in [4.78, 5) is 20.3. The Hall–Kier alpha value is -2.37. The van der Waals surface area contributed by atoms with Crippen LogP contribution in [0.4, 0.5) is 0 Å². The molecule has 3 fully saturated rings. The fourth-order valence-electron chi connectivity index (χ4n) is 6.69. The Balaban J connectivity index is 1.11. The first-order valence-corrected chi connectivity index (χ1v) is 13.3. The first-order chi connectivity index (χ1) is 16.6. The van der Waals surface area contributed by atoms with Gasteiger partial charge in [-0.2, -0.15) is 0 Å². The van der Waals surface area contributed by atoms with Crippen molar-refractivity contribution in [2.75, 3.05) is 46.3 Å². The van der Waals surface area contributed by atoms with Crippen LogP contribution >= 0.6 is 0 Å². The Kier molecular flexibility index (Phi) is 5.65. The van der Waals surface area contributed by atoms with Crippen LogP contribution < -0.4 is 0 Å². The lowest BCUT2D eigenvalue weighted by Gasteiger charge is -2.33. The molecule has 180 valence electrons. The summed E-state index contributed by atoms with van der Waals surface area (Å²) < 4.78 is 2.42. The second-order valence-electron chi connectivity index (χ2n) is 11.0. The summed E-state index contributed by atoms with van der Waals surface area (Å²) in [5, 5.41) is 2.73. The number of likely N-dealkylation sites (tertiary alicyclic amines) is 1. The lowest BCUT2D eigenvalue weighted by molar-refractivity contribution is -0.133. The highest BCUT2D eigenvalue weighted by molar-refractivity contribution is 6.08. The number of likely N-dealkylation sites (N-methyl/N-ethyl adjacent to an activating group) is 1. The number of hydrogen-bond donors (Lipinski definition) is 0. The highest BCUT2D eigenvalue weighted by Crippen LogP contribution is 2.60. The van der Waals surface area contributed by atoms with Crippen molar-refractivity contribution >= 4 is 27.7 Å². The van der Waals surface area contributed by atoms with E-state index in [-0.39, 0.29) is 5.92 Å². The van der Waals surface area contributed by atoms with Crippen LogP contribution in [-0.2, 0) is 17.9 Å². The number of carbonyl (C=O) groups excluding carboxylic acids is 1. The normalized spacial score (nSPS) is 23.6. The largest absolute Gasteiger partial charge is 0.341 e. The quantitative estimate of drug-likeness (QED) is 0.574. The van der Waals surface area contributed by atoms with Gasteiger partial charge in [0.05, 0.1) is 0 Å². The molecule has 5 heteroatoms. The molecule has 2 aromatic carbocycles. The molecule has 6 rings (SSSR count). The summed E-state index contributed by atoms with van der Waals surface area (Å²) in [6, 6.07) is 15.8. The SMILES string of the molecule is CCn1c2ccccc2c2cc(CN3CCC4(CC3)CC4C(=O)N3CCCN(C)CC3)ccc21. The number of amides is 1. The molecule has 34 heavy (non-hydrogen) atoms. The molecule has 1 atom stereocenters. The van der Waals surface area contributed by atoms with Gasteiger partial charge in [-0.25, -0.2) is 0 Å². The van der Waals surface area contributed by atoms with Crippen LogP contribution in [-0.4, -0.2) is 71.5 Å². The van der Waals surface area contributed by atoms with E-state index in [0.29, 0.717) is 11.3 Å². The van der Waals surface area contributed by atoms with Crippen LogP contribution in [0, 0.1) is 11.3 Å². The molecular formula is C29H38N4O. The summed E-state index contributed by atoms with van der Waals surface area (Å²) in [6.07, 6.45) is 4.58. The summed E-state index contributed by atoms with van der Waals surface area (Å²) in [5.41, 5.74) is 4.37. The molecular weight excluding hydrogens is 420 g/mol. The lowest BCUT2D eigenvalue weighted by atomic mass is 9.90. The molecule has 2 saturated heterocycles. The highest BCUT2D eigenvalue weighted by atomic mass is 16.2. The number of aromatic nitrogens is 1. The van der Waals surface area contributed by atoms with Crippen LogP contribution in [0.1, 0.15) is 38.2 Å². The van der Waals surface area contributed by atoms with E-state index in [1.807, 2.05) is 0 Å². The van der Waals surface area contributed by atoms with Crippen molar-refractivity contribution < 1.29 is 4.79 Å². The first kappa shape index (κ1) is 22.1. The zero-order chi connectivity index (χ0) is 23.3. The molecule has 3 aromatic rings. The Morgan fingerprint density at radius 3 is 2.56 bits per heavy atom. The van der Waals surface area contributed by atoms with Crippen molar-refractivity contribution in [3.8, 4) is 0 Å². The molecule has 3 aliphatic rings. The molecule has 1 saturated carbocycles. The molecule has 1 amide bonds. The Morgan fingerprint density at radius 1 is 0.941 bits per heavy atom. The zero-order valence-electron chi connectivity index (χ0n) is 20.8. The molecule has 1 aromatic heterocycles. The maximum absolute atomic E-state index is 13.2. The van der Waals surface area contributed by atoms with Crippen molar-refractivity contribution in [3.05, 3.63) is 48.0 Å². The van der Waals surface area contributed by atoms with Crippen molar-refractivity contribution in [3.63, 3.8) is 0 Å². The number of hydrogen-bond acceptors (Lipinski definition) is 3. The number of rotatable bonds is 4. The van der Waals surface area contributed by atoms with E-state index in [9.17, 15) is 4.79 Å². The number of benzene rings is 2. The summed E-state index contributed by atoms with van der Waals surface area (Å²) in [7, 11) is 2.17. The van der Waals surface area contributed by atoms with E-state index in [2.05, 4.69) is 75.7 Å². The molecule has 1 aliphatic carbocycles. The van der Waals surface area contributed by atoms with E-state index in [1.165, 1.54) is 40.2 Å². The smallest absolute Gasteiger partial charge is 0.226 e. The van der Waals surface area contributed by atoms with Gasteiger partial charge in [0.2, 0.25) is 5.91 Å². The number of aryl methyl sites for hydroxylation is 1. The van der Waals surface area contributed by atoms with E-state index < -0.39 is 0 Å². The lowest BCUT2D eigenvalue weighted by Crippen LogP contribution is -2.39. The maximum Gasteiger partial charge on any atom is 0.226 e. The average molecular weight is 459 g/mol. The molecule has 5 nitrogen and oxygen atoms in total. The van der Waals surface area contributed by atoms with Gasteiger partial charge in [-0.05, 0) is 88.5 Å². The van der Waals surface area contributed by atoms with Crippen molar-refractivity contribution in [2.24, 2.45) is 11.3 Å². The van der Waals surface area contributed by atoms with Gasteiger partial charge in [-0.1, -0.05) is 24.3 Å². The van der Waals surface area contributed by atoms with Gasteiger partial charge in [-0.3, -0.25) is 9.69 Å². The number of fused-ring (bicyclic) bond motifs is 3. The number of piperidine rings is 1. The fourth-order valence-corrected chi connectivity index (χ4v) is 6.69. The standard InChI is InChI=1S/C29H38N4O/c1-3-33-26-8-5-4-7-23(26)24-19-22(9-10-27(24)33)21-31-15-11-29(12-16-31)20-25(29)28(34)32-14-6-13-30(2)17-18-32/h4-5,7-10,19,25H,3,6,11-18,20-21H2,1-2H3. The number of para-hydroxylation sites is 1. The monoisotopic (exact) mass is 458 g/mol. The Labute approximate surface area is 203 Å². The predicted molar refractivity (Wildman–Crippen MR) is 139 cm³/mol. The second-order valence-corrected chi connectivity index (χ2v) is 11.0. The Morgan fingerprint density at radius 2 is 1.74 bits per heavy atom. The number of carbonyl (C=O) groups is 1. The van der Waals surface area contributed by atoms with Gasteiger partial charge in [0, 0.05) is 60.4 Å². The summed E-state index contributed by atoms with van der Waals surface area (Å²) in [5.74, 6) is 0.732. The van der Waals surface area contributed by atoms with Gasteiger partial charge < -0.3 is 14.4 Å². The summed E-state index contributed by atoms with van der Waals surface area (Å²) in [6.45, 7) is 10.4. The first-order valence-electron chi connectivity index (χ1n) is 13.3. The van der Waals surface area contributed by atoms with Crippen LogP contribution in [0.2, 0.25) is 0 Å². The third-order valence-electron chi connectivity index (χ3n) is 8.93. The van der Waals surface area contributed by atoms with Crippen LogP contribution in [0.15, 0.2) is 42.5 Å². The molecule has 1 unspecified atom stereocenters. The van der Waals surface area contributed by atoms with Crippen LogP contribution in [0.5, 0.6) is 0 Å². The fraction of sp³-hybridized carbons (Fsp3) is 0.552. The van der Waals surface area contributed by atoms with Crippen molar-refractivity contribution in [1.82, 2.24) is 19.3 Å². The summed E-state index contributed by atoms with van der Waals surface area (Å²) >= 11 is 0. The van der Waals surface area contributed by atoms with Crippen LogP contribution in [0.3, 0.4) is 0 Å². The molecule has 1 spiro atoms. The third-order valence-corrected chi connectivity index (χ3v) is 8.93. The van der Waals surface area contributed by atoms with Gasteiger partial charge >= 0.3 is 0 Å². The maximum atomic E-state index is 13.2. The van der Waals surface area contributed by atoms with Crippen molar-refractivity contribution in [1.29, 1.82) is 0 Å².